The van der Waals surface area contributed by atoms with Crippen molar-refractivity contribution in [3.63, 3.8) is 0 Å². The van der Waals surface area contributed by atoms with Gasteiger partial charge in [-0.25, -0.2) is 0 Å². The SMILES string of the molecule is Cc1ccc(CC(O)C2CC2)cc1Br. The van der Waals surface area contributed by atoms with Crippen LogP contribution in [0.2, 0.25) is 0 Å². The lowest BCUT2D eigenvalue weighted by Crippen LogP contribution is -2.12. The van der Waals surface area contributed by atoms with E-state index in [-0.39, 0.29) is 6.10 Å². The molecule has 1 aromatic rings. The zero-order valence-corrected chi connectivity index (χ0v) is 9.92. The van der Waals surface area contributed by atoms with Crippen LogP contribution in [0.3, 0.4) is 0 Å². The molecule has 0 radical (unpaired) electrons. The van der Waals surface area contributed by atoms with Crippen LogP contribution in [0.5, 0.6) is 0 Å². The van der Waals surface area contributed by atoms with Gasteiger partial charge in [0, 0.05) is 4.47 Å². The van der Waals surface area contributed by atoms with E-state index in [1.54, 1.807) is 0 Å². The van der Waals surface area contributed by atoms with Gasteiger partial charge < -0.3 is 5.11 Å². The Morgan fingerprint density at radius 1 is 1.50 bits per heavy atom. The van der Waals surface area contributed by atoms with Crippen molar-refractivity contribution in [3.05, 3.63) is 33.8 Å². The van der Waals surface area contributed by atoms with Gasteiger partial charge in [-0.2, -0.15) is 0 Å². The van der Waals surface area contributed by atoms with Crippen LogP contribution < -0.4 is 0 Å². The Bertz CT molecular complexity index is 331. The first-order chi connectivity index (χ1) is 6.66. The average Bonchev–Trinajstić information content (AvgIpc) is 2.94. The summed E-state index contributed by atoms with van der Waals surface area (Å²) >= 11 is 3.51. The molecule has 1 unspecified atom stereocenters. The van der Waals surface area contributed by atoms with Gasteiger partial charge in [0.1, 0.15) is 0 Å². The first-order valence-corrected chi connectivity index (χ1v) is 5.89. The van der Waals surface area contributed by atoms with E-state index in [9.17, 15) is 5.11 Å². The molecule has 0 amide bonds. The minimum atomic E-state index is -0.135. The number of aliphatic hydroxyl groups excluding tert-OH is 1. The second-order valence-electron chi connectivity index (χ2n) is 4.19. The van der Waals surface area contributed by atoms with Crippen LogP contribution in [0.1, 0.15) is 24.0 Å². The van der Waals surface area contributed by atoms with E-state index < -0.39 is 0 Å². The first-order valence-electron chi connectivity index (χ1n) is 5.10. The summed E-state index contributed by atoms with van der Waals surface area (Å²) in [5.41, 5.74) is 2.47. The second-order valence-corrected chi connectivity index (χ2v) is 5.05. The number of aryl methyl sites for hydroxylation is 1. The van der Waals surface area contributed by atoms with E-state index in [2.05, 4.69) is 41.1 Å². The first kappa shape index (κ1) is 10.2. The van der Waals surface area contributed by atoms with Gasteiger partial charge in [-0.05, 0) is 49.3 Å². The predicted octanol–water partition coefficient (Wildman–Crippen LogP) is 3.07. The van der Waals surface area contributed by atoms with Crippen LogP contribution >= 0.6 is 15.9 Å². The van der Waals surface area contributed by atoms with Crippen molar-refractivity contribution < 1.29 is 5.11 Å². The molecule has 1 aliphatic rings. The highest BCUT2D eigenvalue weighted by atomic mass is 79.9. The van der Waals surface area contributed by atoms with Crippen molar-refractivity contribution in [3.8, 4) is 0 Å². The fourth-order valence-electron chi connectivity index (χ4n) is 1.65. The smallest absolute Gasteiger partial charge is 0.0608 e. The van der Waals surface area contributed by atoms with Gasteiger partial charge in [-0.1, -0.05) is 28.1 Å². The van der Waals surface area contributed by atoms with E-state index in [4.69, 9.17) is 0 Å². The molecule has 76 valence electrons. The molecule has 0 bridgehead atoms. The molecule has 0 aromatic heterocycles. The van der Waals surface area contributed by atoms with Crippen molar-refractivity contribution in [1.29, 1.82) is 0 Å². The van der Waals surface area contributed by atoms with Crippen LogP contribution in [-0.4, -0.2) is 11.2 Å². The summed E-state index contributed by atoms with van der Waals surface area (Å²) < 4.78 is 1.14. The summed E-state index contributed by atoms with van der Waals surface area (Å²) in [6.45, 7) is 2.07. The largest absolute Gasteiger partial charge is 0.392 e. The number of benzene rings is 1. The Morgan fingerprint density at radius 2 is 2.21 bits per heavy atom. The fourth-order valence-corrected chi connectivity index (χ4v) is 2.08. The van der Waals surface area contributed by atoms with Crippen LogP contribution in [0.4, 0.5) is 0 Å². The third kappa shape index (κ3) is 2.37. The maximum atomic E-state index is 9.79. The molecule has 1 N–H and O–H groups in total. The number of halogens is 1. The summed E-state index contributed by atoms with van der Waals surface area (Å²) in [5.74, 6) is 0.565. The monoisotopic (exact) mass is 254 g/mol. The molecule has 0 saturated heterocycles. The van der Waals surface area contributed by atoms with E-state index >= 15 is 0 Å². The molecule has 1 saturated carbocycles. The van der Waals surface area contributed by atoms with E-state index in [0.29, 0.717) is 5.92 Å². The summed E-state index contributed by atoms with van der Waals surface area (Å²) in [7, 11) is 0. The number of hydrogen-bond acceptors (Lipinski definition) is 1. The fraction of sp³-hybridized carbons (Fsp3) is 0.500. The Labute approximate surface area is 93.3 Å². The van der Waals surface area contributed by atoms with Crippen LogP contribution in [0.25, 0.3) is 0 Å². The third-order valence-electron chi connectivity index (χ3n) is 2.85. The van der Waals surface area contributed by atoms with Crippen LogP contribution in [0, 0.1) is 12.8 Å². The van der Waals surface area contributed by atoms with Crippen molar-refractivity contribution >= 4 is 15.9 Å². The highest BCUT2D eigenvalue weighted by Gasteiger charge is 2.29. The molecule has 1 aliphatic carbocycles. The average molecular weight is 255 g/mol. The molecule has 2 rings (SSSR count). The Balaban J connectivity index is 2.04. The molecule has 1 atom stereocenters. The normalized spacial score (nSPS) is 18.2. The molecule has 0 spiro atoms. The maximum Gasteiger partial charge on any atom is 0.0608 e. The molecule has 14 heavy (non-hydrogen) atoms. The standard InChI is InChI=1S/C12H15BrO/c1-8-2-3-9(6-11(8)13)7-12(14)10-4-5-10/h2-3,6,10,12,14H,4-5,7H2,1H3. The maximum absolute atomic E-state index is 9.79. The van der Waals surface area contributed by atoms with Gasteiger partial charge in [0.25, 0.3) is 0 Å². The highest BCUT2D eigenvalue weighted by Crippen LogP contribution is 2.34. The zero-order chi connectivity index (χ0) is 10.1. The summed E-state index contributed by atoms with van der Waals surface area (Å²) in [6.07, 6.45) is 3.07. The van der Waals surface area contributed by atoms with Gasteiger partial charge in [0.05, 0.1) is 6.10 Å². The molecule has 1 fully saturated rings. The molecule has 2 heteroatoms. The highest BCUT2D eigenvalue weighted by molar-refractivity contribution is 9.10. The van der Waals surface area contributed by atoms with Gasteiger partial charge in [-0.15, -0.1) is 0 Å². The lowest BCUT2D eigenvalue weighted by molar-refractivity contribution is 0.151. The summed E-state index contributed by atoms with van der Waals surface area (Å²) in [4.78, 5) is 0. The Kier molecular flexibility index (Phi) is 2.93. The van der Waals surface area contributed by atoms with E-state index in [1.165, 1.54) is 24.0 Å². The lowest BCUT2D eigenvalue weighted by Gasteiger charge is -2.09. The molecular formula is C12H15BrO. The predicted molar refractivity (Wildman–Crippen MR) is 61.3 cm³/mol. The van der Waals surface area contributed by atoms with E-state index in [1.807, 2.05) is 0 Å². The molecule has 0 aliphatic heterocycles. The lowest BCUT2D eigenvalue weighted by atomic mass is 10.0. The van der Waals surface area contributed by atoms with Crippen molar-refractivity contribution in [2.75, 3.05) is 0 Å². The van der Waals surface area contributed by atoms with E-state index in [0.717, 1.165) is 10.9 Å². The molecular weight excluding hydrogens is 240 g/mol. The van der Waals surface area contributed by atoms with Gasteiger partial charge in [0.15, 0.2) is 0 Å². The van der Waals surface area contributed by atoms with Gasteiger partial charge in [0.2, 0.25) is 0 Å². The summed E-state index contributed by atoms with van der Waals surface area (Å²) in [6, 6.07) is 6.31. The zero-order valence-electron chi connectivity index (χ0n) is 8.33. The van der Waals surface area contributed by atoms with Gasteiger partial charge in [-0.3, -0.25) is 0 Å². The second kappa shape index (κ2) is 4.03. The molecule has 1 nitrogen and oxygen atoms in total. The third-order valence-corrected chi connectivity index (χ3v) is 3.70. The van der Waals surface area contributed by atoms with Gasteiger partial charge >= 0.3 is 0 Å². The molecule has 0 heterocycles. The number of aliphatic hydroxyl groups is 1. The van der Waals surface area contributed by atoms with Crippen LogP contribution in [0.15, 0.2) is 22.7 Å². The topological polar surface area (TPSA) is 20.2 Å². The summed E-state index contributed by atoms with van der Waals surface area (Å²) in [5, 5.41) is 9.79. The Hall–Kier alpha value is -0.340. The van der Waals surface area contributed by atoms with Crippen molar-refractivity contribution in [2.45, 2.75) is 32.3 Å². The van der Waals surface area contributed by atoms with Crippen molar-refractivity contribution in [2.24, 2.45) is 5.92 Å². The number of rotatable bonds is 3. The van der Waals surface area contributed by atoms with Crippen LogP contribution in [-0.2, 0) is 6.42 Å². The van der Waals surface area contributed by atoms with Crippen molar-refractivity contribution in [1.82, 2.24) is 0 Å². The minimum Gasteiger partial charge on any atom is -0.392 e. The molecule has 1 aromatic carbocycles. The number of hydrogen-bond donors (Lipinski definition) is 1. The minimum absolute atomic E-state index is 0.135. The quantitative estimate of drug-likeness (QED) is 0.880. The Morgan fingerprint density at radius 3 is 2.79 bits per heavy atom.